The van der Waals surface area contributed by atoms with E-state index in [-0.39, 0.29) is 25.0 Å². The Kier molecular flexibility index (Phi) is 10.9. The fraction of sp³-hybridized carbons (Fsp3) is 0.895. The van der Waals surface area contributed by atoms with Gasteiger partial charge in [0.15, 0.2) is 0 Å². The first-order valence-corrected chi connectivity index (χ1v) is 9.23. The lowest BCUT2D eigenvalue weighted by molar-refractivity contribution is -0.159. The van der Waals surface area contributed by atoms with Gasteiger partial charge in [0.25, 0.3) is 0 Å². The van der Waals surface area contributed by atoms with Crippen molar-refractivity contribution >= 4 is 11.9 Å². The molecule has 0 fully saturated rings. The quantitative estimate of drug-likeness (QED) is 0.452. The van der Waals surface area contributed by atoms with Crippen LogP contribution in [0.2, 0.25) is 0 Å². The maximum atomic E-state index is 12.1. The fourth-order valence-corrected chi connectivity index (χ4v) is 2.32. The van der Waals surface area contributed by atoms with E-state index in [4.69, 9.17) is 9.47 Å². The average molecular weight is 359 g/mol. The van der Waals surface area contributed by atoms with Crippen LogP contribution in [-0.4, -0.2) is 61.3 Å². The Morgan fingerprint density at radius 3 is 1.64 bits per heavy atom. The van der Waals surface area contributed by atoms with Crippen molar-refractivity contribution < 1.29 is 19.1 Å². The lowest BCUT2D eigenvalue weighted by atomic mass is 10.2. The molecule has 0 heterocycles. The summed E-state index contributed by atoms with van der Waals surface area (Å²) in [5, 5.41) is 3.13. The van der Waals surface area contributed by atoms with Gasteiger partial charge in [-0.05, 0) is 74.5 Å². The van der Waals surface area contributed by atoms with Gasteiger partial charge in [0, 0.05) is 0 Å². The van der Waals surface area contributed by atoms with E-state index in [1.807, 2.05) is 53.5 Å². The molecule has 0 aromatic heterocycles. The fourth-order valence-electron chi connectivity index (χ4n) is 2.32. The van der Waals surface area contributed by atoms with Crippen molar-refractivity contribution in [2.24, 2.45) is 0 Å². The topological polar surface area (TPSA) is 67.9 Å². The third kappa shape index (κ3) is 16.1. The van der Waals surface area contributed by atoms with Crippen LogP contribution < -0.4 is 5.32 Å². The molecule has 0 amide bonds. The van der Waals surface area contributed by atoms with Crippen LogP contribution in [0.3, 0.4) is 0 Å². The summed E-state index contributed by atoms with van der Waals surface area (Å²) in [6.45, 7) is 12.9. The molecule has 0 aromatic carbocycles. The molecule has 0 aliphatic carbocycles. The Bertz CT molecular complexity index is 367. The third-order valence-corrected chi connectivity index (χ3v) is 3.20. The number of hydrogen-bond donors (Lipinski definition) is 1. The molecule has 6 heteroatoms. The highest BCUT2D eigenvalue weighted by atomic mass is 16.6. The summed E-state index contributed by atoms with van der Waals surface area (Å²) in [5.74, 6) is -0.627. The van der Waals surface area contributed by atoms with Crippen molar-refractivity contribution in [3.05, 3.63) is 0 Å². The zero-order valence-electron chi connectivity index (χ0n) is 17.2. The van der Waals surface area contributed by atoms with Gasteiger partial charge in [-0.2, -0.15) is 0 Å². The molecule has 25 heavy (non-hydrogen) atoms. The second kappa shape index (κ2) is 11.5. The maximum Gasteiger partial charge on any atom is 0.320 e. The zero-order chi connectivity index (χ0) is 19.5. The lowest BCUT2D eigenvalue weighted by Crippen LogP contribution is -2.40. The summed E-state index contributed by atoms with van der Waals surface area (Å²) >= 11 is 0. The summed E-state index contributed by atoms with van der Waals surface area (Å²) in [4.78, 5) is 26.0. The molecule has 6 nitrogen and oxygen atoms in total. The summed E-state index contributed by atoms with van der Waals surface area (Å²) in [7, 11) is 1.95. The molecule has 0 bridgehead atoms. The standard InChI is InChI=1S/C19H38N2O4/c1-18(2,3)24-16(22)14-21(13-11-9-8-10-12-20-7)15-17(23)25-19(4,5)6/h20H,8-15H2,1-7H3. The molecule has 0 spiro atoms. The van der Waals surface area contributed by atoms with Crippen molar-refractivity contribution in [1.82, 2.24) is 10.2 Å². The van der Waals surface area contributed by atoms with Gasteiger partial charge in [-0.1, -0.05) is 12.8 Å². The molecule has 0 radical (unpaired) electrons. The molecule has 0 unspecified atom stereocenters. The predicted octanol–water partition coefficient (Wildman–Crippen LogP) is 2.75. The zero-order valence-corrected chi connectivity index (χ0v) is 17.2. The normalized spacial score (nSPS) is 12.3. The number of carbonyl (C=O) groups is 2. The van der Waals surface area contributed by atoms with E-state index < -0.39 is 11.2 Å². The third-order valence-electron chi connectivity index (χ3n) is 3.20. The second-order valence-corrected chi connectivity index (χ2v) is 8.40. The summed E-state index contributed by atoms with van der Waals surface area (Å²) in [6, 6.07) is 0. The SMILES string of the molecule is CNCCCCCCN(CC(=O)OC(C)(C)C)CC(=O)OC(C)(C)C. The van der Waals surface area contributed by atoms with Gasteiger partial charge >= 0.3 is 11.9 Å². The van der Waals surface area contributed by atoms with Crippen molar-refractivity contribution in [3.63, 3.8) is 0 Å². The van der Waals surface area contributed by atoms with Crippen LogP contribution >= 0.6 is 0 Å². The molecule has 148 valence electrons. The highest BCUT2D eigenvalue weighted by Crippen LogP contribution is 2.10. The molecular weight excluding hydrogens is 320 g/mol. The summed E-state index contributed by atoms with van der Waals surface area (Å²) in [6.07, 6.45) is 4.28. The van der Waals surface area contributed by atoms with Crippen molar-refractivity contribution in [2.75, 3.05) is 33.2 Å². The first kappa shape index (κ1) is 23.9. The second-order valence-electron chi connectivity index (χ2n) is 8.40. The first-order valence-electron chi connectivity index (χ1n) is 9.23. The summed E-state index contributed by atoms with van der Waals surface area (Å²) < 4.78 is 10.7. The minimum Gasteiger partial charge on any atom is -0.459 e. The average Bonchev–Trinajstić information content (AvgIpc) is 2.37. The molecule has 0 aliphatic heterocycles. The van der Waals surface area contributed by atoms with Gasteiger partial charge < -0.3 is 14.8 Å². The van der Waals surface area contributed by atoms with E-state index in [0.717, 1.165) is 32.2 Å². The molecule has 1 N–H and O–H groups in total. The first-order chi connectivity index (χ1) is 11.4. The van der Waals surface area contributed by atoms with Crippen LogP contribution in [0.5, 0.6) is 0 Å². The van der Waals surface area contributed by atoms with Gasteiger partial charge in [0.2, 0.25) is 0 Å². The molecular formula is C19H38N2O4. The van der Waals surface area contributed by atoms with Crippen molar-refractivity contribution in [1.29, 1.82) is 0 Å². The number of hydrogen-bond acceptors (Lipinski definition) is 6. The maximum absolute atomic E-state index is 12.1. The van der Waals surface area contributed by atoms with E-state index in [1.54, 1.807) is 0 Å². The van der Waals surface area contributed by atoms with Crippen LogP contribution in [0.1, 0.15) is 67.2 Å². The van der Waals surface area contributed by atoms with E-state index in [9.17, 15) is 9.59 Å². The lowest BCUT2D eigenvalue weighted by Gasteiger charge is -2.26. The van der Waals surface area contributed by atoms with Gasteiger partial charge in [0.05, 0.1) is 13.1 Å². The van der Waals surface area contributed by atoms with Crippen molar-refractivity contribution in [2.45, 2.75) is 78.4 Å². The number of nitrogens with zero attached hydrogens (tertiary/aromatic N) is 1. The molecule has 0 aromatic rings. The highest BCUT2D eigenvalue weighted by Gasteiger charge is 2.23. The Morgan fingerprint density at radius 2 is 1.24 bits per heavy atom. The number of rotatable bonds is 11. The molecule has 0 rings (SSSR count). The monoisotopic (exact) mass is 358 g/mol. The Morgan fingerprint density at radius 1 is 0.800 bits per heavy atom. The minimum atomic E-state index is -0.526. The highest BCUT2D eigenvalue weighted by molar-refractivity contribution is 5.75. The van der Waals surface area contributed by atoms with Crippen LogP contribution in [0.4, 0.5) is 0 Å². The van der Waals surface area contributed by atoms with Crippen LogP contribution in [0.15, 0.2) is 0 Å². The van der Waals surface area contributed by atoms with E-state index in [1.165, 1.54) is 0 Å². The van der Waals surface area contributed by atoms with Crippen molar-refractivity contribution in [3.8, 4) is 0 Å². The van der Waals surface area contributed by atoms with E-state index >= 15 is 0 Å². The number of nitrogens with one attached hydrogen (secondary N) is 1. The van der Waals surface area contributed by atoms with Gasteiger partial charge in [-0.15, -0.1) is 0 Å². The predicted molar refractivity (Wildman–Crippen MR) is 101 cm³/mol. The summed E-state index contributed by atoms with van der Waals surface area (Å²) in [5.41, 5.74) is -1.05. The van der Waals surface area contributed by atoms with E-state index in [2.05, 4.69) is 5.32 Å². The van der Waals surface area contributed by atoms with Gasteiger partial charge in [0.1, 0.15) is 11.2 Å². The molecule has 0 saturated carbocycles. The van der Waals surface area contributed by atoms with Gasteiger partial charge in [-0.25, -0.2) is 0 Å². The number of unbranched alkanes of at least 4 members (excludes halogenated alkanes) is 3. The van der Waals surface area contributed by atoms with Crippen LogP contribution in [0, 0.1) is 0 Å². The number of ether oxygens (including phenoxy) is 2. The number of carbonyl (C=O) groups excluding carboxylic acids is 2. The molecule has 0 saturated heterocycles. The molecule has 0 aliphatic rings. The smallest absolute Gasteiger partial charge is 0.320 e. The Labute approximate surface area is 153 Å². The Balaban J connectivity index is 4.49. The largest absolute Gasteiger partial charge is 0.459 e. The minimum absolute atomic E-state index is 0.104. The van der Waals surface area contributed by atoms with Crippen LogP contribution in [0.25, 0.3) is 0 Å². The van der Waals surface area contributed by atoms with Gasteiger partial charge in [-0.3, -0.25) is 14.5 Å². The van der Waals surface area contributed by atoms with E-state index in [0.29, 0.717) is 6.54 Å². The number of esters is 2. The molecule has 0 atom stereocenters. The van der Waals surface area contributed by atoms with Crippen LogP contribution in [-0.2, 0) is 19.1 Å². The Hall–Kier alpha value is -1.14.